The van der Waals surface area contributed by atoms with Crippen LogP contribution < -0.4 is 0 Å². The Morgan fingerprint density at radius 3 is 2.93 bits per heavy atom. The molecule has 0 bridgehead atoms. The fourth-order valence-electron chi connectivity index (χ4n) is 1.66. The topological polar surface area (TPSA) is 12.4 Å². The zero-order chi connectivity index (χ0) is 10.5. The molecule has 0 amide bonds. The molecular formula is C13H15NS. The van der Waals surface area contributed by atoms with Gasteiger partial charge < -0.3 is 0 Å². The average molecular weight is 217 g/mol. The molecule has 0 N–H and O–H groups in total. The Morgan fingerprint density at radius 1 is 1.40 bits per heavy atom. The summed E-state index contributed by atoms with van der Waals surface area (Å²) in [5, 5.41) is 1.18. The molecule has 78 valence electrons. The molecule has 1 unspecified atom stereocenters. The second-order valence-electron chi connectivity index (χ2n) is 3.62. The van der Waals surface area contributed by atoms with Crippen LogP contribution in [0.15, 0.2) is 47.5 Å². The van der Waals surface area contributed by atoms with Gasteiger partial charge in [0, 0.05) is 5.75 Å². The molecule has 0 saturated heterocycles. The SMILES string of the molecule is C/C=C/C1=NC(Cc2ccccc2)CS1. The van der Waals surface area contributed by atoms with Crippen molar-refractivity contribution in [3.05, 3.63) is 48.0 Å². The van der Waals surface area contributed by atoms with Crippen molar-refractivity contribution in [3.8, 4) is 0 Å². The number of hydrogen-bond donors (Lipinski definition) is 0. The zero-order valence-electron chi connectivity index (χ0n) is 8.89. The van der Waals surface area contributed by atoms with Gasteiger partial charge in [-0.15, -0.1) is 11.8 Å². The fraction of sp³-hybridized carbons (Fsp3) is 0.308. The van der Waals surface area contributed by atoms with Gasteiger partial charge >= 0.3 is 0 Å². The minimum absolute atomic E-state index is 0.462. The van der Waals surface area contributed by atoms with E-state index in [0.29, 0.717) is 6.04 Å². The number of aliphatic imine (C=N–C) groups is 1. The monoisotopic (exact) mass is 217 g/mol. The van der Waals surface area contributed by atoms with E-state index in [4.69, 9.17) is 0 Å². The summed E-state index contributed by atoms with van der Waals surface area (Å²) in [6, 6.07) is 11.1. The summed E-state index contributed by atoms with van der Waals surface area (Å²) in [7, 11) is 0. The molecule has 2 rings (SSSR count). The molecule has 0 saturated carbocycles. The Kier molecular flexibility index (Phi) is 3.62. The highest BCUT2D eigenvalue weighted by Gasteiger charge is 2.16. The van der Waals surface area contributed by atoms with Crippen LogP contribution in [0.3, 0.4) is 0 Å². The summed E-state index contributed by atoms with van der Waals surface area (Å²) >= 11 is 1.86. The highest BCUT2D eigenvalue weighted by Crippen LogP contribution is 2.21. The molecule has 1 aliphatic rings. The lowest BCUT2D eigenvalue weighted by Crippen LogP contribution is -2.07. The van der Waals surface area contributed by atoms with E-state index in [1.165, 1.54) is 10.6 Å². The Balaban J connectivity index is 1.98. The quantitative estimate of drug-likeness (QED) is 0.756. The summed E-state index contributed by atoms with van der Waals surface area (Å²) < 4.78 is 0. The molecule has 1 aliphatic heterocycles. The average Bonchev–Trinajstić information content (AvgIpc) is 2.68. The number of hydrogen-bond acceptors (Lipinski definition) is 2. The molecule has 0 spiro atoms. The molecule has 0 aliphatic carbocycles. The van der Waals surface area contributed by atoms with E-state index >= 15 is 0 Å². The largest absolute Gasteiger partial charge is 0.274 e. The third-order valence-corrected chi connectivity index (χ3v) is 3.45. The highest BCUT2D eigenvalue weighted by molar-refractivity contribution is 8.14. The van der Waals surface area contributed by atoms with Crippen LogP contribution in [-0.4, -0.2) is 16.8 Å². The number of rotatable bonds is 3. The van der Waals surface area contributed by atoms with Crippen molar-refractivity contribution in [2.24, 2.45) is 4.99 Å². The summed E-state index contributed by atoms with van der Waals surface area (Å²) in [5.41, 5.74) is 1.38. The van der Waals surface area contributed by atoms with Crippen LogP contribution in [0, 0.1) is 0 Å². The smallest absolute Gasteiger partial charge is 0.0905 e. The molecule has 1 heterocycles. The maximum absolute atomic E-state index is 4.67. The van der Waals surface area contributed by atoms with Gasteiger partial charge in [0.2, 0.25) is 0 Å². The number of thioether (sulfide) groups is 1. The molecule has 1 aromatic rings. The molecule has 15 heavy (non-hydrogen) atoms. The summed E-state index contributed by atoms with van der Waals surface area (Å²) in [6.07, 6.45) is 5.21. The Morgan fingerprint density at radius 2 is 2.20 bits per heavy atom. The van der Waals surface area contributed by atoms with E-state index in [-0.39, 0.29) is 0 Å². The van der Waals surface area contributed by atoms with Crippen molar-refractivity contribution in [1.29, 1.82) is 0 Å². The maximum Gasteiger partial charge on any atom is 0.0905 e. The summed E-state index contributed by atoms with van der Waals surface area (Å²) in [4.78, 5) is 4.67. The molecule has 2 heteroatoms. The first-order valence-corrected chi connectivity index (χ1v) is 6.24. The minimum Gasteiger partial charge on any atom is -0.274 e. The van der Waals surface area contributed by atoms with Crippen molar-refractivity contribution in [3.63, 3.8) is 0 Å². The van der Waals surface area contributed by atoms with E-state index in [9.17, 15) is 0 Å². The fourth-order valence-corrected chi connectivity index (χ4v) is 2.67. The normalized spacial score (nSPS) is 20.9. The molecule has 1 atom stereocenters. The van der Waals surface area contributed by atoms with Crippen molar-refractivity contribution < 1.29 is 0 Å². The standard InChI is InChI=1S/C13H15NS/c1-2-6-13-14-12(10-15-13)9-11-7-4-3-5-8-11/h2-8,12H,9-10H2,1H3/b6-2+. The number of benzene rings is 1. The predicted octanol–water partition coefficient (Wildman–Crippen LogP) is 3.32. The summed E-state index contributed by atoms with van der Waals surface area (Å²) in [5.74, 6) is 1.12. The molecule has 0 radical (unpaired) electrons. The van der Waals surface area contributed by atoms with E-state index in [2.05, 4.69) is 47.5 Å². The second-order valence-corrected chi connectivity index (χ2v) is 4.66. The van der Waals surface area contributed by atoms with Crippen LogP contribution in [0.25, 0.3) is 0 Å². The van der Waals surface area contributed by atoms with Gasteiger partial charge in [-0.2, -0.15) is 0 Å². The summed E-state index contributed by atoms with van der Waals surface area (Å²) in [6.45, 7) is 2.04. The second kappa shape index (κ2) is 5.17. The van der Waals surface area contributed by atoms with E-state index in [1.807, 2.05) is 18.7 Å². The van der Waals surface area contributed by atoms with E-state index < -0.39 is 0 Å². The lowest BCUT2D eigenvalue weighted by molar-refractivity contribution is 0.763. The van der Waals surface area contributed by atoms with Crippen LogP contribution >= 0.6 is 11.8 Å². The van der Waals surface area contributed by atoms with Gasteiger partial charge in [-0.3, -0.25) is 4.99 Å². The number of nitrogens with zero attached hydrogens (tertiary/aromatic N) is 1. The van der Waals surface area contributed by atoms with Crippen LogP contribution in [0.5, 0.6) is 0 Å². The Labute approximate surface area is 95.3 Å². The molecule has 1 aromatic carbocycles. The first kappa shape index (κ1) is 10.5. The molecule has 0 fully saturated rings. The minimum atomic E-state index is 0.462. The van der Waals surface area contributed by atoms with Gasteiger partial charge in [0.25, 0.3) is 0 Å². The van der Waals surface area contributed by atoms with Crippen molar-refractivity contribution in [2.75, 3.05) is 5.75 Å². The lowest BCUT2D eigenvalue weighted by atomic mass is 10.1. The van der Waals surface area contributed by atoms with Crippen LogP contribution in [0.1, 0.15) is 12.5 Å². The van der Waals surface area contributed by atoms with Gasteiger partial charge in [-0.1, -0.05) is 36.4 Å². The Bertz CT molecular complexity index is 367. The maximum atomic E-state index is 4.67. The molecule has 1 nitrogen and oxygen atoms in total. The van der Waals surface area contributed by atoms with Gasteiger partial charge in [0.1, 0.15) is 0 Å². The van der Waals surface area contributed by atoms with E-state index in [1.54, 1.807) is 0 Å². The Hall–Kier alpha value is -1.02. The van der Waals surface area contributed by atoms with Crippen molar-refractivity contribution >= 4 is 16.8 Å². The van der Waals surface area contributed by atoms with Gasteiger partial charge in [-0.25, -0.2) is 0 Å². The lowest BCUT2D eigenvalue weighted by Gasteiger charge is -2.04. The third-order valence-electron chi connectivity index (χ3n) is 2.36. The molecular weight excluding hydrogens is 202 g/mol. The van der Waals surface area contributed by atoms with Crippen LogP contribution in [-0.2, 0) is 6.42 Å². The van der Waals surface area contributed by atoms with Crippen molar-refractivity contribution in [2.45, 2.75) is 19.4 Å². The van der Waals surface area contributed by atoms with Crippen molar-refractivity contribution in [1.82, 2.24) is 0 Å². The zero-order valence-corrected chi connectivity index (χ0v) is 9.70. The van der Waals surface area contributed by atoms with Gasteiger partial charge in [-0.05, 0) is 25.0 Å². The first-order chi connectivity index (χ1) is 7.38. The van der Waals surface area contributed by atoms with E-state index in [0.717, 1.165) is 12.2 Å². The van der Waals surface area contributed by atoms with Gasteiger partial charge in [0.15, 0.2) is 0 Å². The van der Waals surface area contributed by atoms with Gasteiger partial charge in [0.05, 0.1) is 11.1 Å². The van der Waals surface area contributed by atoms with Crippen LogP contribution in [0.4, 0.5) is 0 Å². The highest BCUT2D eigenvalue weighted by atomic mass is 32.2. The first-order valence-electron chi connectivity index (χ1n) is 5.25. The predicted molar refractivity (Wildman–Crippen MR) is 68.6 cm³/mol. The third kappa shape index (κ3) is 2.96. The van der Waals surface area contributed by atoms with Crippen LogP contribution in [0.2, 0.25) is 0 Å². The molecule has 0 aromatic heterocycles. The number of allylic oxidation sites excluding steroid dienone is 1.